The number of aromatic nitrogens is 2. The first-order valence-electron chi connectivity index (χ1n) is 17.5. The second-order valence-electron chi connectivity index (χ2n) is 13.1. The summed E-state index contributed by atoms with van der Waals surface area (Å²) in [7, 11) is 0. The summed E-state index contributed by atoms with van der Waals surface area (Å²) in [4.78, 5) is 0. The molecular weight excluding hydrogens is 617 g/mol. The first-order chi connectivity index (χ1) is 25.2. The van der Waals surface area contributed by atoms with Crippen LogP contribution >= 0.6 is 0 Å². The summed E-state index contributed by atoms with van der Waals surface area (Å²) in [6.45, 7) is 6.02. The summed E-state index contributed by atoms with van der Waals surface area (Å²) >= 11 is 0. The van der Waals surface area contributed by atoms with Gasteiger partial charge in [-0.15, -0.1) is 0 Å². The van der Waals surface area contributed by atoms with Crippen molar-refractivity contribution in [1.29, 1.82) is 0 Å². The summed E-state index contributed by atoms with van der Waals surface area (Å²) in [6.07, 6.45) is 7.99. The first-order valence-corrected chi connectivity index (χ1v) is 17.5. The second-order valence-corrected chi connectivity index (χ2v) is 13.1. The van der Waals surface area contributed by atoms with Gasteiger partial charge in [-0.05, 0) is 94.9 Å². The van der Waals surface area contributed by atoms with Crippen LogP contribution in [0.4, 0.5) is 0 Å². The Morgan fingerprint density at radius 1 is 0.451 bits per heavy atom. The van der Waals surface area contributed by atoms with E-state index in [2.05, 4.69) is 199 Å². The van der Waals surface area contributed by atoms with Crippen molar-refractivity contribution >= 4 is 49.2 Å². The van der Waals surface area contributed by atoms with Crippen LogP contribution < -0.4 is 0 Å². The lowest BCUT2D eigenvalue weighted by Gasteiger charge is -2.14. The Hall–Kier alpha value is -6.64. The van der Waals surface area contributed by atoms with Crippen molar-refractivity contribution in [2.75, 3.05) is 0 Å². The molecule has 0 N–H and O–H groups in total. The Bertz CT molecular complexity index is 2790. The molecule has 2 heterocycles. The lowest BCUT2D eigenvalue weighted by Crippen LogP contribution is -1.97. The van der Waals surface area contributed by atoms with Crippen molar-refractivity contribution in [2.45, 2.75) is 6.92 Å². The van der Waals surface area contributed by atoms with Crippen molar-refractivity contribution in [3.05, 3.63) is 200 Å². The molecule has 51 heavy (non-hydrogen) atoms. The van der Waals surface area contributed by atoms with E-state index < -0.39 is 0 Å². The van der Waals surface area contributed by atoms with Crippen LogP contribution in [0.1, 0.15) is 12.5 Å². The number of hydrogen-bond acceptors (Lipinski definition) is 0. The highest BCUT2D eigenvalue weighted by molar-refractivity contribution is 6.28. The highest BCUT2D eigenvalue weighted by Crippen LogP contribution is 2.43. The summed E-state index contributed by atoms with van der Waals surface area (Å²) in [5.74, 6) is 0. The number of allylic oxidation sites excluding steroid dienone is 5. The van der Waals surface area contributed by atoms with Gasteiger partial charge in [0, 0.05) is 32.9 Å². The van der Waals surface area contributed by atoms with E-state index in [9.17, 15) is 0 Å². The Labute approximate surface area is 298 Å². The van der Waals surface area contributed by atoms with Crippen LogP contribution in [0.2, 0.25) is 0 Å². The fourth-order valence-corrected chi connectivity index (χ4v) is 7.65. The zero-order chi connectivity index (χ0) is 34.3. The highest BCUT2D eigenvalue weighted by atomic mass is 15.0. The molecule has 0 saturated carbocycles. The lowest BCUT2D eigenvalue weighted by atomic mass is 9.98. The van der Waals surface area contributed by atoms with Crippen molar-refractivity contribution in [3.8, 4) is 33.6 Å². The largest absolute Gasteiger partial charge is 0.309 e. The topological polar surface area (TPSA) is 9.86 Å². The van der Waals surface area contributed by atoms with E-state index in [4.69, 9.17) is 0 Å². The second kappa shape index (κ2) is 12.7. The van der Waals surface area contributed by atoms with Crippen LogP contribution in [0, 0.1) is 0 Å². The number of para-hydroxylation sites is 2. The third kappa shape index (κ3) is 5.21. The van der Waals surface area contributed by atoms with Crippen LogP contribution in [0.5, 0.6) is 0 Å². The molecule has 0 aliphatic heterocycles. The zero-order valence-electron chi connectivity index (χ0n) is 28.5. The van der Waals surface area contributed by atoms with Gasteiger partial charge >= 0.3 is 0 Å². The van der Waals surface area contributed by atoms with Gasteiger partial charge < -0.3 is 9.13 Å². The molecule has 0 aliphatic rings. The average Bonchev–Trinajstić information content (AvgIpc) is 3.71. The zero-order valence-corrected chi connectivity index (χ0v) is 28.5. The molecular formula is C49H36N2. The molecule has 0 atom stereocenters. The van der Waals surface area contributed by atoms with E-state index >= 15 is 0 Å². The van der Waals surface area contributed by atoms with Gasteiger partial charge in [0.05, 0.1) is 22.1 Å². The minimum absolute atomic E-state index is 1.14. The molecule has 2 heteroatoms. The van der Waals surface area contributed by atoms with Gasteiger partial charge in [-0.2, -0.15) is 0 Å². The fraction of sp³-hybridized carbons (Fsp3) is 0.0204. The summed E-state index contributed by atoms with van der Waals surface area (Å²) in [5, 5.41) is 5.04. The number of fused-ring (bicyclic) bond motifs is 7. The molecule has 0 amide bonds. The van der Waals surface area contributed by atoms with E-state index in [0.29, 0.717) is 0 Å². The van der Waals surface area contributed by atoms with E-state index in [1.54, 1.807) is 0 Å². The van der Waals surface area contributed by atoms with E-state index in [0.717, 1.165) is 11.4 Å². The SMILES string of the molecule is C=C/C=C\C=C(/C)c1cc(-c2ccccc2)cc(-n2c3ccccc3c3c4c5ccccc5n(-c5ccc(-c6ccccc6)cc5)c4ccc32)c1. The molecule has 7 aromatic carbocycles. The standard InChI is InChI=1S/C49H36N2/c1-3-4-7-16-34(2)38-31-39(36-19-10-6-11-20-36)33-41(32-38)51-45-24-15-13-22-43(45)49-47(51)30-29-46-48(49)42-21-12-14-23-44(42)50(46)40-27-25-37(26-28-40)35-17-8-5-9-18-35/h3-33H,1H2,2H3/b7-4-,34-16+. The maximum absolute atomic E-state index is 3.84. The third-order valence-corrected chi connectivity index (χ3v) is 10.0. The van der Waals surface area contributed by atoms with Crippen LogP contribution in [-0.2, 0) is 0 Å². The Morgan fingerprint density at radius 3 is 1.55 bits per heavy atom. The third-order valence-electron chi connectivity index (χ3n) is 10.0. The smallest absolute Gasteiger partial charge is 0.0548 e. The van der Waals surface area contributed by atoms with Gasteiger partial charge in [0.1, 0.15) is 0 Å². The van der Waals surface area contributed by atoms with Gasteiger partial charge in [-0.25, -0.2) is 0 Å². The van der Waals surface area contributed by atoms with Crippen LogP contribution in [0.25, 0.3) is 82.8 Å². The molecule has 242 valence electrons. The van der Waals surface area contributed by atoms with Crippen LogP contribution in [0.15, 0.2) is 195 Å². The van der Waals surface area contributed by atoms with E-state index in [-0.39, 0.29) is 0 Å². The first kappa shape index (κ1) is 30.4. The molecule has 0 bridgehead atoms. The van der Waals surface area contributed by atoms with E-state index in [1.165, 1.54) is 77.0 Å². The van der Waals surface area contributed by atoms with Crippen LogP contribution in [-0.4, -0.2) is 9.13 Å². The number of benzene rings is 7. The summed E-state index contributed by atoms with van der Waals surface area (Å²) < 4.78 is 4.87. The molecule has 9 aromatic rings. The van der Waals surface area contributed by atoms with Crippen molar-refractivity contribution in [3.63, 3.8) is 0 Å². The number of nitrogens with zero attached hydrogens (tertiary/aromatic N) is 2. The molecule has 0 saturated heterocycles. The fourth-order valence-electron chi connectivity index (χ4n) is 7.65. The van der Waals surface area contributed by atoms with Crippen LogP contribution in [0.3, 0.4) is 0 Å². The predicted octanol–water partition coefficient (Wildman–Crippen LogP) is 13.4. The molecule has 0 fully saturated rings. The molecule has 2 nitrogen and oxygen atoms in total. The van der Waals surface area contributed by atoms with E-state index in [1.807, 2.05) is 12.2 Å². The number of hydrogen-bond donors (Lipinski definition) is 0. The average molecular weight is 653 g/mol. The maximum Gasteiger partial charge on any atom is 0.0548 e. The molecule has 0 radical (unpaired) electrons. The summed E-state index contributed by atoms with van der Waals surface area (Å²) in [6, 6.07) is 59.5. The Morgan fingerprint density at radius 2 is 0.961 bits per heavy atom. The normalized spacial score (nSPS) is 12.1. The maximum atomic E-state index is 3.84. The molecule has 0 spiro atoms. The minimum Gasteiger partial charge on any atom is -0.309 e. The van der Waals surface area contributed by atoms with Crippen molar-refractivity contribution in [1.82, 2.24) is 9.13 Å². The molecule has 2 aromatic heterocycles. The van der Waals surface area contributed by atoms with Crippen molar-refractivity contribution < 1.29 is 0 Å². The lowest BCUT2D eigenvalue weighted by molar-refractivity contribution is 1.17. The van der Waals surface area contributed by atoms with Crippen molar-refractivity contribution in [2.24, 2.45) is 0 Å². The van der Waals surface area contributed by atoms with Gasteiger partial charge in [0.25, 0.3) is 0 Å². The highest BCUT2D eigenvalue weighted by Gasteiger charge is 2.21. The number of rotatable bonds is 7. The van der Waals surface area contributed by atoms with Gasteiger partial charge in [-0.3, -0.25) is 0 Å². The molecule has 9 rings (SSSR count). The molecule has 0 aliphatic carbocycles. The van der Waals surface area contributed by atoms with Gasteiger partial charge in [0.2, 0.25) is 0 Å². The molecule has 0 unspecified atom stereocenters. The van der Waals surface area contributed by atoms with Gasteiger partial charge in [-0.1, -0.05) is 140 Å². The minimum atomic E-state index is 1.14. The Balaban J connectivity index is 1.32. The predicted molar refractivity (Wildman–Crippen MR) is 219 cm³/mol. The Kier molecular flexibility index (Phi) is 7.56. The van der Waals surface area contributed by atoms with Gasteiger partial charge in [0.15, 0.2) is 0 Å². The summed E-state index contributed by atoms with van der Waals surface area (Å²) in [5.41, 5.74) is 14.3. The monoisotopic (exact) mass is 652 g/mol. The quantitative estimate of drug-likeness (QED) is 0.152.